The molecule has 1 heterocycles. The zero-order valence-corrected chi connectivity index (χ0v) is 23.0. The molecule has 1 saturated carbocycles. The Morgan fingerprint density at radius 2 is 1.50 bits per heavy atom. The van der Waals surface area contributed by atoms with Crippen LogP contribution in [0.1, 0.15) is 44.2 Å². The van der Waals surface area contributed by atoms with E-state index < -0.39 is 0 Å². The highest BCUT2D eigenvalue weighted by atomic mass is 79.9. The van der Waals surface area contributed by atoms with Crippen LogP contribution in [0, 0.1) is 0 Å². The molecule has 4 aromatic rings. The van der Waals surface area contributed by atoms with Gasteiger partial charge in [-0.05, 0) is 73.2 Å². The molecule has 200 valence electrons. The summed E-state index contributed by atoms with van der Waals surface area (Å²) in [6, 6.07) is 25.8. The Morgan fingerprint density at radius 3 is 2.21 bits per heavy atom. The third kappa shape index (κ3) is 7.23. The van der Waals surface area contributed by atoms with E-state index in [0.717, 1.165) is 70.7 Å². The molecule has 3 aromatic carbocycles. The quantitative estimate of drug-likeness (QED) is 0.220. The minimum Gasteiger partial charge on any atom is -0.489 e. The van der Waals surface area contributed by atoms with Gasteiger partial charge in [0.15, 0.2) is 0 Å². The van der Waals surface area contributed by atoms with Crippen LogP contribution in [-0.2, 0) is 13.2 Å². The van der Waals surface area contributed by atoms with Gasteiger partial charge in [-0.3, -0.25) is 0 Å². The third-order valence-corrected chi connectivity index (χ3v) is 7.43. The van der Waals surface area contributed by atoms with Crippen LogP contribution in [0.15, 0.2) is 77.3 Å². The largest absolute Gasteiger partial charge is 0.489 e. The topological polar surface area (TPSA) is 62.3 Å². The molecule has 1 fully saturated rings. The number of aromatic nitrogens is 2. The fourth-order valence-electron chi connectivity index (χ4n) is 4.80. The molecule has 0 spiro atoms. The van der Waals surface area contributed by atoms with Crippen molar-refractivity contribution in [3.05, 3.63) is 88.4 Å². The zero-order chi connectivity index (χ0) is 25.6. The second-order valence-electron chi connectivity index (χ2n) is 9.92. The molecule has 0 bridgehead atoms. The second-order valence-corrected chi connectivity index (χ2v) is 10.8. The molecule has 5 rings (SSSR count). The van der Waals surface area contributed by atoms with Crippen molar-refractivity contribution in [3.8, 4) is 5.75 Å². The van der Waals surface area contributed by atoms with Gasteiger partial charge in [-0.15, -0.1) is 0 Å². The highest BCUT2D eigenvalue weighted by Crippen LogP contribution is 2.26. The molecule has 6 nitrogen and oxygen atoms in total. The second kappa shape index (κ2) is 13.1. The van der Waals surface area contributed by atoms with Crippen LogP contribution < -0.4 is 20.3 Å². The van der Waals surface area contributed by atoms with Crippen LogP contribution >= 0.6 is 15.9 Å². The average molecular weight is 577 g/mol. The van der Waals surface area contributed by atoms with Crippen molar-refractivity contribution >= 4 is 38.6 Å². The first kappa shape index (κ1) is 27.9. The third-order valence-electron chi connectivity index (χ3n) is 6.90. The smallest absolute Gasteiger partial charge is 0.225 e. The molecule has 0 radical (unpaired) electrons. The van der Waals surface area contributed by atoms with Gasteiger partial charge in [0.05, 0.1) is 5.52 Å². The Labute approximate surface area is 235 Å². The van der Waals surface area contributed by atoms with Crippen molar-refractivity contribution in [1.82, 2.24) is 15.3 Å². The van der Waals surface area contributed by atoms with Gasteiger partial charge >= 0.3 is 0 Å². The number of hydrogen-bond acceptors (Lipinski definition) is 6. The van der Waals surface area contributed by atoms with Gasteiger partial charge in [0.1, 0.15) is 18.2 Å². The molecule has 1 aromatic heterocycles. The van der Waals surface area contributed by atoms with Gasteiger partial charge in [-0.25, -0.2) is 4.98 Å². The van der Waals surface area contributed by atoms with Crippen molar-refractivity contribution in [3.63, 3.8) is 0 Å². The standard InChI is InChI=1S/C30H34BrN5O.CH4/c1-36(2)29-27-5-3-4-6-28(27)34-30(35-29)33-25-15-13-24(14-16-25)32-19-21-9-17-26(18-10-21)37-20-22-7-11-23(31)12-8-22;/h3-12,17-18,24-25,32H,13-16,19-20H2,1-2H3,(H,33,34,35);1H4. The summed E-state index contributed by atoms with van der Waals surface area (Å²) in [5, 5.41) is 8.42. The summed E-state index contributed by atoms with van der Waals surface area (Å²) >= 11 is 3.47. The van der Waals surface area contributed by atoms with Gasteiger partial charge in [0, 0.05) is 42.6 Å². The number of rotatable bonds is 9. The molecule has 2 N–H and O–H groups in total. The SMILES string of the molecule is C.CN(C)c1nc(NC2CCC(NCc3ccc(OCc4ccc(Br)cc4)cc3)CC2)nc2ccccc12. The number of anilines is 2. The Bertz CT molecular complexity index is 1300. The molecule has 0 atom stereocenters. The number of para-hydroxylation sites is 1. The van der Waals surface area contributed by atoms with Gasteiger partial charge < -0.3 is 20.3 Å². The summed E-state index contributed by atoms with van der Waals surface area (Å²) in [6.45, 7) is 1.44. The summed E-state index contributed by atoms with van der Waals surface area (Å²) in [4.78, 5) is 11.6. The summed E-state index contributed by atoms with van der Waals surface area (Å²) < 4.78 is 7.01. The van der Waals surface area contributed by atoms with E-state index in [4.69, 9.17) is 14.7 Å². The molecule has 1 aliphatic rings. The number of ether oxygens (including phenoxy) is 1. The minimum atomic E-state index is 0. The summed E-state index contributed by atoms with van der Waals surface area (Å²) in [5.74, 6) is 2.57. The average Bonchev–Trinajstić information content (AvgIpc) is 2.92. The van der Waals surface area contributed by atoms with E-state index in [1.54, 1.807) is 0 Å². The zero-order valence-electron chi connectivity index (χ0n) is 21.5. The van der Waals surface area contributed by atoms with Crippen LogP contribution in [0.25, 0.3) is 10.9 Å². The van der Waals surface area contributed by atoms with Crippen LogP contribution in [0.5, 0.6) is 5.75 Å². The maximum Gasteiger partial charge on any atom is 0.225 e. The number of hydrogen-bond donors (Lipinski definition) is 2. The summed E-state index contributed by atoms with van der Waals surface area (Å²) in [6.07, 6.45) is 4.49. The first-order valence-corrected chi connectivity index (χ1v) is 13.7. The molecule has 1 aliphatic carbocycles. The lowest BCUT2D eigenvalue weighted by atomic mass is 9.91. The summed E-state index contributed by atoms with van der Waals surface area (Å²) in [7, 11) is 4.06. The number of halogens is 1. The van der Waals surface area contributed by atoms with E-state index in [1.165, 1.54) is 5.56 Å². The molecule has 0 amide bonds. The maximum absolute atomic E-state index is 5.93. The highest BCUT2D eigenvalue weighted by Gasteiger charge is 2.22. The van der Waals surface area contributed by atoms with Crippen molar-refractivity contribution in [2.75, 3.05) is 24.3 Å². The maximum atomic E-state index is 5.93. The Balaban J connectivity index is 0.00000336. The van der Waals surface area contributed by atoms with Gasteiger partial charge in [0.2, 0.25) is 5.95 Å². The van der Waals surface area contributed by atoms with Crippen molar-refractivity contribution in [2.24, 2.45) is 0 Å². The Kier molecular flexibility index (Phi) is 9.58. The van der Waals surface area contributed by atoms with E-state index in [9.17, 15) is 0 Å². The molecule has 0 aliphatic heterocycles. The predicted octanol–water partition coefficient (Wildman–Crippen LogP) is 7.19. The van der Waals surface area contributed by atoms with Crippen LogP contribution in [0.3, 0.4) is 0 Å². The molecule has 0 unspecified atom stereocenters. The van der Waals surface area contributed by atoms with Crippen molar-refractivity contribution < 1.29 is 4.74 Å². The van der Waals surface area contributed by atoms with Crippen LogP contribution in [0.4, 0.5) is 11.8 Å². The summed E-state index contributed by atoms with van der Waals surface area (Å²) in [5.41, 5.74) is 3.41. The Morgan fingerprint density at radius 1 is 0.842 bits per heavy atom. The van der Waals surface area contributed by atoms with Gasteiger partial charge in [-0.2, -0.15) is 4.98 Å². The van der Waals surface area contributed by atoms with E-state index in [0.29, 0.717) is 18.7 Å². The van der Waals surface area contributed by atoms with E-state index in [2.05, 4.69) is 80.0 Å². The molecular weight excluding hydrogens is 538 g/mol. The van der Waals surface area contributed by atoms with E-state index >= 15 is 0 Å². The minimum absolute atomic E-state index is 0. The number of nitrogens with one attached hydrogen (secondary N) is 2. The van der Waals surface area contributed by atoms with Crippen LogP contribution in [-0.4, -0.2) is 36.1 Å². The Hall–Kier alpha value is -3.16. The number of benzene rings is 3. The van der Waals surface area contributed by atoms with Gasteiger partial charge in [0.25, 0.3) is 0 Å². The first-order valence-electron chi connectivity index (χ1n) is 12.9. The lowest BCUT2D eigenvalue weighted by molar-refractivity contribution is 0.306. The number of nitrogens with zero attached hydrogens (tertiary/aromatic N) is 3. The first-order chi connectivity index (χ1) is 18.0. The fourth-order valence-corrected chi connectivity index (χ4v) is 5.07. The van der Waals surface area contributed by atoms with Gasteiger partial charge in [-0.1, -0.05) is 59.8 Å². The molecule has 38 heavy (non-hydrogen) atoms. The van der Waals surface area contributed by atoms with E-state index in [-0.39, 0.29) is 7.43 Å². The lowest BCUT2D eigenvalue weighted by Gasteiger charge is -2.30. The highest BCUT2D eigenvalue weighted by molar-refractivity contribution is 9.10. The monoisotopic (exact) mass is 575 g/mol. The molecular formula is C31H38BrN5O. The molecule has 0 saturated heterocycles. The normalized spacial score (nSPS) is 17.0. The number of fused-ring (bicyclic) bond motifs is 1. The molecule has 7 heteroatoms. The van der Waals surface area contributed by atoms with Crippen molar-refractivity contribution in [1.29, 1.82) is 0 Å². The lowest BCUT2D eigenvalue weighted by Crippen LogP contribution is -2.37. The predicted molar refractivity (Wildman–Crippen MR) is 162 cm³/mol. The van der Waals surface area contributed by atoms with Crippen LogP contribution in [0.2, 0.25) is 0 Å². The van der Waals surface area contributed by atoms with Crippen molar-refractivity contribution in [2.45, 2.75) is 58.3 Å². The fraction of sp³-hybridized carbons (Fsp3) is 0.355. The van der Waals surface area contributed by atoms with E-state index in [1.807, 2.05) is 38.4 Å².